The van der Waals surface area contributed by atoms with E-state index in [0.717, 1.165) is 16.8 Å². The van der Waals surface area contributed by atoms with Gasteiger partial charge in [0.05, 0.1) is 31.1 Å². The van der Waals surface area contributed by atoms with Crippen LogP contribution in [-0.4, -0.2) is 64.8 Å². The van der Waals surface area contributed by atoms with Gasteiger partial charge in [-0.3, -0.25) is 14.3 Å². The molecule has 4 aromatic rings. The minimum atomic E-state index is -2.85. The van der Waals surface area contributed by atoms with Crippen molar-refractivity contribution < 1.29 is 29.0 Å². The van der Waals surface area contributed by atoms with Crippen molar-refractivity contribution in [2.75, 3.05) is 29.7 Å². The SMILES string of the molecule is COc1ccc2c(c1)[C@]1(O[C@@H](CCn3cc(CCO)nn3)[C@H]([Si](C)(C)O)[C@H]1C)C(=O)N2Cc1ccc(NC(=O)c2ccc(N)cc2)cc1. The second-order valence-corrected chi connectivity index (χ2v) is 17.1. The topological polar surface area (TPSA) is 165 Å². The molecule has 48 heavy (non-hydrogen) atoms. The molecule has 4 atom stereocenters. The first-order valence-electron chi connectivity index (χ1n) is 16.1. The lowest BCUT2D eigenvalue weighted by Crippen LogP contribution is -2.46. The molecular formula is C35H42N6O6Si. The molecule has 0 radical (unpaired) electrons. The summed E-state index contributed by atoms with van der Waals surface area (Å²) in [7, 11) is -1.26. The van der Waals surface area contributed by atoms with Crippen molar-refractivity contribution in [2.24, 2.45) is 5.92 Å². The Kier molecular flexibility index (Phi) is 9.13. The van der Waals surface area contributed by atoms with E-state index in [2.05, 4.69) is 15.6 Å². The molecule has 3 aromatic carbocycles. The van der Waals surface area contributed by atoms with Gasteiger partial charge in [0, 0.05) is 59.7 Å². The van der Waals surface area contributed by atoms with Crippen LogP contribution in [0.2, 0.25) is 18.6 Å². The van der Waals surface area contributed by atoms with Crippen LogP contribution in [0.25, 0.3) is 0 Å². The molecule has 252 valence electrons. The predicted molar refractivity (Wildman–Crippen MR) is 184 cm³/mol. The highest BCUT2D eigenvalue weighted by molar-refractivity contribution is 6.71. The third kappa shape index (κ3) is 6.21. The number of amides is 2. The number of carbonyl (C=O) groups is 2. The zero-order chi connectivity index (χ0) is 34.2. The predicted octanol–water partition coefficient (Wildman–Crippen LogP) is 4.09. The maximum absolute atomic E-state index is 14.7. The number of aryl methyl sites for hydroxylation is 1. The smallest absolute Gasteiger partial charge is 0.264 e. The summed E-state index contributed by atoms with van der Waals surface area (Å²) in [6, 6.07) is 19.7. The number of fused-ring (bicyclic) bond motifs is 2. The van der Waals surface area contributed by atoms with Gasteiger partial charge in [0.25, 0.3) is 11.8 Å². The number of ether oxygens (including phenoxy) is 2. The van der Waals surface area contributed by atoms with Crippen LogP contribution in [0.3, 0.4) is 0 Å². The molecule has 1 spiro atoms. The molecule has 5 N–H and O–H groups in total. The number of rotatable bonds is 11. The number of aliphatic hydroxyl groups is 1. The van der Waals surface area contributed by atoms with Crippen molar-refractivity contribution in [2.45, 2.75) is 63.2 Å². The summed E-state index contributed by atoms with van der Waals surface area (Å²) < 4.78 is 14.2. The lowest BCUT2D eigenvalue weighted by Gasteiger charge is -2.32. The van der Waals surface area contributed by atoms with Gasteiger partial charge in [-0.15, -0.1) is 5.10 Å². The Labute approximate surface area is 280 Å². The normalized spacial score (nSPS) is 21.9. The third-order valence-corrected chi connectivity index (χ3v) is 12.0. The summed E-state index contributed by atoms with van der Waals surface area (Å²) >= 11 is 0. The summed E-state index contributed by atoms with van der Waals surface area (Å²) in [5, 5.41) is 20.5. The van der Waals surface area contributed by atoms with Gasteiger partial charge < -0.3 is 35.3 Å². The highest BCUT2D eigenvalue weighted by atomic mass is 28.4. The Balaban J connectivity index is 1.27. The molecule has 0 saturated carbocycles. The molecule has 12 nitrogen and oxygen atoms in total. The van der Waals surface area contributed by atoms with Crippen LogP contribution in [0.4, 0.5) is 17.1 Å². The van der Waals surface area contributed by atoms with Gasteiger partial charge in [-0.05, 0) is 79.7 Å². The van der Waals surface area contributed by atoms with Gasteiger partial charge in [0.15, 0.2) is 13.9 Å². The average molecular weight is 671 g/mol. The van der Waals surface area contributed by atoms with E-state index in [0.29, 0.717) is 47.8 Å². The van der Waals surface area contributed by atoms with E-state index in [4.69, 9.17) is 15.2 Å². The van der Waals surface area contributed by atoms with Crippen molar-refractivity contribution in [3.8, 4) is 5.75 Å². The molecule has 2 amide bonds. The average Bonchev–Trinajstić information content (AvgIpc) is 3.71. The maximum Gasteiger partial charge on any atom is 0.264 e. The van der Waals surface area contributed by atoms with Crippen LogP contribution in [0.1, 0.15) is 40.5 Å². The lowest BCUT2D eigenvalue weighted by atomic mass is 9.82. The van der Waals surface area contributed by atoms with Crippen LogP contribution < -0.4 is 20.7 Å². The van der Waals surface area contributed by atoms with Gasteiger partial charge in [0.2, 0.25) is 0 Å². The number of anilines is 3. The Bertz CT molecular complexity index is 1790. The second kappa shape index (κ2) is 13.2. The largest absolute Gasteiger partial charge is 0.497 e. The number of methoxy groups -OCH3 is 1. The first-order chi connectivity index (χ1) is 22.9. The van der Waals surface area contributed by atoms with E-state index >= 15 is 0 Å². The summed E-state index contributed by atoms with van der Waals surface area (Å²) in [4.78, 5) is 40.8. The van der Waals surface area contributed by atoms with Crippen LogP contribution in [-0.2, 0) is 34.6 Å². The molecule has 2 aliphatic heterocycles. The number of carbonyl (C=O) groups excluding carboxylic acids is 2. The van der Waals surface area contributed by atoms with E-state index in [-0.39, 0.29) is 36.4 Å². The number of benzene rings is 3. The first kappa shape index (κ1) is 33.3. The monoisotopic (exact) mass is 670 g/mol. The van der Waals surface area contributed by atoms with Crippen molar-refractivity contribution in [1.29, 1.82) is 0 Å². The number of nitrogens with one attached hydrogen (secondary N) is 1. The Morgan fingerprint density at radius 3 is 2.52 bits per heavy atom. The minimum absolute atomic E-state index is 0.0104. The van der Waals surface area contributed by atoms with Gasteiger partial charge in [-0.2, -0.15) is 0 Å². The zero-order valence-corrected chi connectivity index (χ0v) is 28.6. The fourth-order valence-electron chi connectivity index (χ4n) is 7.26. The summed E-state index contributed by atoms with van der Waals surface area (Å²) in [6.45, 7) is 6.56. The van der Waals surface area contributed by atoms with E-state index in [1.807, 2.05) is 62.5 Å². The Morgan fingerprint density at radius 2 is 1.85 bits per heavy atom. The molecule has 1 fully saturated rings. The molecule has 0 unspecified atom stereocenters. The molecule has 1 aromatic heterocycles. The fourth-order valence-corrected chi connectivity index (χ4v) is 9.86. The minimum Gasteiger partial charge on any atom is -0.497 e. The third-order valence-electron chi connectivity index (χ3n) is 9.51. The fraction of sp³-hybridized carbons (Fsp3) is 0.371. The number of aliphatic hydroxyl groups excluding tert-OH is 1. The van der Waals surface area contributed by atoms with E-state index in [9.17, 15) is 19.5 Å². The molecule has 2 aliphatic rings. The summed E-state index contributed by atoms with van der Waals surface area (Å²) in [5.41, 5.74) is 8.91. The molecule has 13 heteroatoms. The lowest BCUT2D eigenvalue weighted by molar-refractivity contribution is -0.146. The summed E-state index contributed by atoms with van der Waals surface area (Å²) in [5.74, 6) is -0.150. The van der Waals surface area contributed by atoms with Gasteiger partial charge in [0.1, 0.15) is 5.75 Å². The van der Waals surface area contributed by atoms with E-state index in [1.165, 1.54) is 0 Å². The first-order valence-corrected chi connectivity index (χ1v) is 19.1. The number of aromatic nitrogens is 3. The van der Waals surface area contributed by atoms with E-state index in [1.54, 1.807) is 47.2 Å². The Hall–Kier alpha value is -4.56. The van der Waals surface area contributed by atoms with Gasteiger partial charge >= 0.3 is 0 Å². The van der Waals surface area contributed by atoms with Crippen LogP contribution in [0, 0.1) is 5.92 Å². The highest BCUT2D eigenvalue weighted by Gasteiger charge is 2.66. The van der Waals surface area contributed by atoms with Crippen molar-refractivity contribution in [1.82, 2.24) is 15.0 Å². The molecule has 1 saturated heterocycles. The quantitative estimate of drug-likeness (QED) is 0.136. The van der Waals surface area contributed by atoms with Crippen LogP contribution in [0.15, 0.2) is 72.9 Å². The van der Waals surface area contributed by atoms with E-state index < -0.39 is 20.0 Å². The van der Waals surface area contributed by atoms with Gasteiger partial charge in [-0.1, -0.05) is 24.3 Å². The molecule has 0 bridgehead atoms. The molecular weight excluding hydrogens is 629 g/mol. The standard InChI is InChI=1S/C35H42N6O6Si/c1-22-32(48(3,4)45)31(15-17-40-21-27(16-18-42)38-39-40)47-35(22)29-19-28(46-2)13-14-30(29)41(34(35)44)20-23-5-11-26(12-6-23)37-33(43)24-7-9-25(36)10-8-24/h5-14,19,21-22,31-32,42,45H,15-18,20,36H2,1-4H3,(H,37,43)/t22-,31+,32-,35+/m1/s1. The highest BCUT2D eigenvalue weighted by Crippen LogP contribution is 2.60. The number of nitrogens with two attached hydrogens (primary N) is 1. The summed E-state index contributed by atoms with van der Waals surface area (Å²) in [6.07, 6.45) is 2.33. The van der Waals surface area contributed by atoms with Crippen LogP contribution in [0.5, 0.6) is 5.75 Å². The van der Waals surface area contributed by atoms with Gasteiger partial charge in [-0.25, -0.2) is 0 Å². The molecule has 0 aliphatic carbocycles. The maximum atomic E-state index is 14.7. The molecule has 6 rings (SSSR count). The Morgan fingerprint density at radius 1 is 1.12 bits per heavy atom. The number of nitrogens with zero attached hydrogens (tertiary/aromatic N) is 4. The number of hydrogen-bond donors (Lipinski definition) is 4. The van der Waals surface area contributed by atoms with Crippen LogP contribution >= 0.6 is 0 Å². The second-order valence-electron chi connectivity index (χ2n) is 13.1. The number of hydrogen-bond acceptors (Lipinski definition) is 9. The van der Waals surface area contributed by atoms with Crippen molar-refractivity contribution >= 4 is 37.2 Å². The zero-order valence-electron chi connectivity index (χ0n) is 27.6. The number of nitrogen functional groups attached to an aromatic ring is 1. The van der Waals surface area contributed by atoms with Crippen molar-refractivity contribution in [3.05, 3.63) is 95.3 Å². The molecule has 3 heterocycles. The van der Waals surface area contributed by atoms with Crippen molar-refractivity contribution in [3.63, 3.8) is 0 Å².